The standard InChI is InChI=1S/C26H32F3NO3S/c1-7-33-21(31)13-20(30-34(32)26(4,5)6)23-24(28)17(16-9-10-16)12-18(25(23)29)22-14(2)8-11-19(27)15(22)3/h8,11-12,16,20,30H,7,9-10,13H2,1-6H3/t20-,34+/m0/s1. The Morgan fingerprint density at radius 2 is 1.82 bits per heavy atom. The van der Waals surface area contributed by atoms with Gasteiger partial charge in [-0.05, 0) is 94.7 Å². The average molecular weight is 496 g/mol. The summed E-state index contributed by atoms with van der Waals surface area (Å²) < 4.78 is 66.4. The molecule has 1 aliphatic rings. The molecule has 1 aliphatic carbocycles. The van der Waals surface area contributed by atoms with Gasteiger partial charge in [0, 0.05) is 11.1 Å². The molecule has 0 heterocycles. The number of nitrogens with one attached hydrogen (secondary N) is 1. The van der Waals surface area contributed by atoms with Crippen molar-refractivity contribution in [1.29, 1.82) is 0 Å². The van der Waals surface area contributed by atoms with E-state index in [1.165, 1.54) is 12.1 Å². The van der Waals surface area contributed by atoms with Crippen LogP contribution in [0.4, 0.5) is 13.2 Å². The van der Waals surface area contributed by atoms with Crippen LogP contribution in [0, 0.1) is 31.3 Å². The maximum absolute atomic E-state index is 16.2. The van der Waals surface area contributed by atoms with Crippen LogP contribution in [0.2, 0.25) is 0 Å². The molecule has 0 amide bonds. The Morgan fingerprint density at radius 3 is 2.38 bits per heavy atom. The lowest BCUT2D eigenvalue weighted by Crippen LogP contribution is -2.37. The van der Waals surface area contributed by atoms with E-state index in [1.807, 2.05) is 0 Å². The highest BCUT2D eigenvalue weighted by Crippen LogP contribution is 2.46. The maximum Gasteiger partial charge on any atom is 0.307 e. The number of carbonyl (C=O) groups is 1. The lowest BCUT2D eigenvalue weighted by molar-refractivity contribution is -0.143. The van der Waals surface area contributed by atoms with E-state index < -0.39 is 51.6 Å². The van der Waals surface area contributed by atoms with Crippen LogP contribution in [0.15, 0.2) is 18.2 Å². The molecule has 0 saturated heterocycles. The molecular weight excluding hydrogens is 463 g/mol. The first-order chi connectivity index (χ1) is 15.9. The number of halogens is 3. The van der Waals surface area contributed by atoms with Crippen molar-refractivity contribution in [3.63, 3.8) is 0 Å². The van der Waals surface area contributed by atoms with Gasteiger partial charge in [-0.2, -0.15) is 0 Å². The minimum absolute atomic E-state index is 0.0741. The maximum atomic E-state index is 16.2. The highest BCUT2D eigenvalue weighted by molar-refractivity contribution is 7.84. The summed E-state index contributed by atoms with van der Waals surface area (Å²) >= 11 is 0. The lowest BCUT2D eigenvalue weighted by atomic mass is 9.88. The molecular formula is C26H32F3NO3S. The number of rotatable bonds is 8. The fraction of sp³-hybridized carbons (Fsp3) is 0.500. The fourth-order valence-corrected chi connectivity index (χ4v) is 4.80. The molecule has 1 fully saturated rings. The van der Waals surface area contributed by atoms with Crippen molar-refractivity contribution in [3.05, 3.63) is 57.9 Å². The second-order valence-electron chi connectivity index (χ2n) is 9.75. The van der Waals surface area contributed by atoms with E-state index in [4.69, 9.17) is 4.74 Å². The van der Waals surface area contributed by atoms with Crippen LogP contribution >= 0.6 is 0 Å². The summed E-state index contributed by atoms with van der Waals surface area (Å²) in [5, 5.41) is 0. The zero-order valence-corrected chi connectivity index (χ0v) is 21.3. The number of hydrogen-bond acceptors (Lipinski definition) is 3. The highest BCUT2D eigenvalue weighted by Gasteiger charge is 2.36. The smallest absolute Gasteiger partial charge is 0.307 e. The van der Waals surface area contributed by atoms with Crippen molar-refractivity contribution in [3.8, 4) is 11.1 Å². The molecule has 34 heavy (non-hydrogen) atoms. The van der Waals surface area contributed by atoms with Crippen LogP contribution < -0.4 is 4.72 Å². The summed E-state index contributed by atoms with van der Waals surface area (Å²) in [5.41, 5.74) is 1.29. The van der Waals surface area contributed by atoms with E-state index in [0.717, 1.165) is 12.8 Å². The molecule has 4 nitrogen and oxygen atoms in total. The molecule has 0 aliphatic heterocycles. The zero-order valence-electron chi connectivity index (χ0n) is 20.5. The molecule has 2 aromatic carbocycles. The van der Waals surface area contributed by atoms with E-state index in [0.29, 0.717) is 16.7 Å². The van der Waals surface area contributed by atoms with Crippen LogP contribution in [0.3, 0.4) is 0 Å². The van der Waals surface area contributed by atoms with Gasteiger partial charge in [-0.1, -0.05) is 6.07 Å². The topological polar surface area (TPSA) is 55.4 Å². The number of carbonyl (C=O) groups excluding carboxylic acids is 1. The van der Waals surface area contributed by atoms with Crippen LogP contribution in [-0.4, -0.2) is 21.5 Å². The number of benzene rings is 2. The molecule has 0 aromatic heterocycles. The highest BCUT2D eigenvalue weighted by atomic mass is 32.2. The minimum Gasteiger partial charge on any atom is -0.466 e. The molecule has 1 saturated carbocycles. The van der Waals surface area contributed by atoms with E-state index in [1.54, 1.807) is 47.6 Å². The summed E-state index contributed by atoms with van der Waals surface area (Å²) in [6, 6.07) is 3.10. The van der Waals surface area contributed by atoms with Gasteiger partial charge >= 0.3 is 5.97 Å². The number of ether oxygens (including phenoxy) is 1. The Bertz CT molecular complexity index is 1120. The van der Waals surface area contributed by atoms with E-state index in [-0.39, 0.29) is 29.2 Å². The van der Waals surface area contributed by atoms with Crippen molar-refractivity contribution in [2.45, 2.75) is 77.5 Å². The average Bonchev–Trinajstić information content (AvgIpc) is 3.57. The Balaban J connectivity index is 2.26. The predicted octanol–water partition coefficient (Wildman–Crippen LogP) is 6.31. The first-order valence-electron chi connectivity index (χ1n) is 11.5. The third kappa shape index (κ3) is 5.54. The summed E-state index contributed by atoms with van der Waals surface area (Å²) in [5.74, 6) is -2.90. The van der Waals surface area contributed by atoms with Gasteiger partial charge in [-0.3, -0.25) is 4.79 Å². The van der Waals surface area contributed by atoms with Crippen LogP contribution in [0.5, 0.6) is 0 Å². The van der Waals surface area contributed by atoms with Gasteiger partial charge < -0.3 is 4.74 Å². The predicted molar refractivity (Wildman–Crippen MR) is 128 cm³/mol. The quantitative estimate of drug-likeness (QED) is 0.437. The second kappa shape index (κ2) is 10.2. The van der Waals surface area contributed by atoms with Crippen molar-refractivity contribution in [2.24, 2.45) is 0 Å². The van der Waals surface area contributed by atoms with Gasteiger partial charge in [-0.15, -0.1) is 0 Å². The van der Waals surface area contributed by atoms with Gasteiger partial charge in [0.1, 0.15) is 17.5 Å². The Kier molecular flexibility index (Phi) is 7.92. The Hall–Kier alpha value is -2.19. The van der Waals surface area contributed by atoms with E-state index >= 15 is 8.78 Å². The minimum atomic E-state index is -1.72. The van der Waals surface area contributed by atoms with Gasteiger partial charge in [0.05, 0.1) is 34.8 Å². The first kappa shape index (κ1) is 26.4. The Morgan fingerprint density at radius 1 is 1.18 bits per heavy atom. The summed E-state index contributed by atoms with van der Waals surface area (Å²) in [6.07, 6.45) is 1.11. The van der Waals surface area contributed by atoms with Crippen molar-refractivity contribution in [1.82, 2.24) is 4.72 Å². The number of hydrogen-bond donors (Lipinski definition) is 1. The summed E-state index contributed by atoms with van der Waals surface area (Å²) in [6.45, 7) is 10.2. The SMILES string of the molecule is CCOC(=O)C[C@H](N[S@](=O)C(C)(C)C)c1c(F)c(-c2c(C)ccc(F)c2C)cc(C2CC2)c1F. The van der Waals surface area contributed by atoms with Crippen LogP contribution in [0.1, 0.15) is 81.2 Å². The molecule has 2 atom stereocenters. The summed E-state index contributed by atoms with van der Waals surface area (Å²) in [7, 11) is -1.72. The second-order valence-corrected chi connectivity index (χ2v) is 11.8. The zero-order chi connectivity index (χ0) is 25.4. The molecule has 3 rings (SSSR count). The Labute approximate surface area is 201 Å². The van der Waals surface area contributed by atoms with Crippen molar-refractivity contribution >= 4 is 17.0 Å². The molecule has 1 N–H and O–H groups in total. The molecule has 8 heteroatoms. The van der Waals surface area contributed by atoms with Crippen LogP contribution in [-0.2, 0) is 20.5 Å². The molecule has 0 bridgehead atoms. The normalized spacial score (nSPS) is 15.8. The lowest BCUT2D eigenvalue weighted by Gasteiger charge is -2.26. The third-order valence-corrected chi connectivity index (χ3v) is 7.60. The molecule has 0 unspecified atom stereocenters. The first-order valence-corrected chi connectivity index (χ1v) is 12.6. The van der Waals surface area contributed by atoms with E-state index in [2.05, 4.69) is 4.72 Å². The largest absolute Gasteiger partial charge is 0.466 e. The number of aryl methyl sites for hydroxylation is 1. The van der Waals surface area contributed by atoms with Gasteiger partial charge in [0.25, 0.3) is 0 Å². The van der Waals surface area contributed by atoms with Crippen LogP contribution in [0.25, 0.3) is 11.1 Å². The molecule has 0 spiro atoms. The van der Waals surface area contributed by atoms with E-state index in [9.17, 15) is 13.4 Å². The monoisotopic (exact) mass is 495 g/mol. The molecule has 2 aromatic rings. The van der Waals surface area contributed by atoms with Gasteiger partial charge in [0.2, 0.25) is 0 Å². The summed E-state index contributed by atoms with van der Waals surface area (Å²) in [4.78, 5) is 12.4. The van der Waals surface area contributed by atoms with Crippen molar-refractivity contribution < 1.29 is 26.9 Å². The van der Waals surface area contributed by atoms with Gasteiger partial charge in [-0.25, -0.2) is 22.1 Å². The van der Waals surface area contributed by atoms with Gasteiger partial charge in [0.15, 0.2) is 0 Å². The van der Waals surface area contributed by atoms with Crippen molar-refractivity contribution in [2.75, 3.05) is 6.61 Å². The fourth-order valence-electron chi connectivity index (χ4n) is 3.99. The number of esters is 1. The molecule has 186 valence electrons. The molecule has 0 radical (unpaired) electrons. The third-order valence-electron chi connectivity index (χ3n) is 5.99.